The molecule has 0 aromatic carbocycles. The summed E-state index contributed by atoms with van der Waals surface area (Å²) in [5.41, 5.74) is -0.190. The van der Waals surface area contributed by atoms with E-state index in [2.05, 4.69) is 20.3 Å². The van der Waals surface area contributed by atoms with E-state index in [-0.39, 0.29) is 23.6 Å². The number of nitrogens with one attached hydrogen (secondary N) is 1. The van der Waals surface area contributed by atoms with Gasteiger partial charge in [-0.25, -0.2) is 14.4 Å². The zero-order valence-electron chi connectivity index (χ0n) is 18.9. The summed E-state index contributed by atoms with van der Waals surface area (Å²) in [4.78, 5) is 25.3. The van der Waals surface area contributed by atoms with Crippen molar-refractivity contribution in [3.63, 3.8) is 0 Å². The molecule has 32 heavy (non-hydrogen) atoms. The minimum Gasteiger partial charge on any atom is -0.460 e. The Morgan fingerprint density at radius 3 is 2.72 bits per heavy atom. The van der Waals surface area contributed by atoms with Crippen molar-refractivity contribution >= 4 is 11.9 Å². The van der Waals surface area contributed by atoms with Crippen LogP contribution in [0.5, 0.6) is 0 Å². The SMILES string of the molecule is CC(C)(C)OC(=O)[C@@H]1CCC[C@H](Nc2ncc(F)c(-c3ccnc(C4(O)CCC4)c3)n2)C1. The van der Waals surface area contributed by atoms with E-state index < -0.39 is 17.0 Å². The Bertz CT molecular complexity index is 987. The highest BCUT2D eigenvalue weighted by atomic mass is 19.1. The Morgan fingerprint density at radius 1 is 1.25 bits per heavy atom. The van der Waals surface area contributed by atoms with Gasteiger partial charge in [-0.3, -0.25) is 9.78 Å². The van der Waals surface area contributed by atoms with Crippen LogP contribution in [0.4, 0.5) is 10.3 Å². The number of hydrogen-bond acceptors (Lipinski definition) is 7. The maximum Gasteiger partial charge on any atom is 0.309 e. The largest absolute Gasteiger partial charge is 0.460 e. The van der Waals surface area contributed by atoms with Gasteiger partial charge in [0.1, 0.15) is 16.9 Å². The summed E-state index contributed by atoms with van der Waals surface area (Å²) in [6, 6.07) is 3.39. The first-order valence-corrected chi connectivity index (χ1v) is 11.3. The molecule has 0 saturated heterocycles. The Morgan fingerprint density at radius 2 is 2.03 bits per heavy atom. The molecule has 2 aromatic rings. The number of carbonyl (C=O) groups is 1. The van der Waals surface area contributed by atoms with E-state index in [9.17, 15) is 14.3 Å². The molecule has 2 aliphatic rings. The molecule has 172 valence electrons. The first-order valence-electron chi connectivity index (χ1n) is 11.3. The number of nitrogens with zero attached hydrogens (tertiary/aromatic N) is 3. The van der Waals surface area contributed by atoms with Crippen molar-refractivity contribution in [2.24, 2.45) is 5.92 Å². The maximum atomic E-state index is 14.6. The molecule has 8 heteroatoms. The zero-order valence-corrected chi connectivity index (χ0v) is 18.9. The van der Waals surface area contributed by atoms with Crippen molar-refractivity contribution in [3.05, 3.63) is 36.0 Å². The molecular formula is C24H31FN4O3. The summed E-state index contributed by atoms with van der Waals surface area (Å²) in [6.07, 6.45) is 8.17. The summed E-state index contributed by atoms with van der Waals surface area (Å²) in [7, 11) is 0. The topological polar surface area (TPSA) is 97.2 Å². The summed E-state index contributed by atoms with van der Waals surface area (Å²) >= 11 is 0. The van der Waals surface area contributed by atoms with Crippen LogP contribution in [0.15, 0.2) is 24.5 Å². The van der Waals surface area contributed by atoms with Gasteiger partial charge in [0.15, 0.2) is 5.82 Å². The van der Waals surface area contributed by atoms with Gasteiger partial charge in [-0.2, -0.15) is 0 Å². The smallest absolute Gasteiger partial charge is 0.309 e. The van der Waals surface area contributed by atoms with Gasteiger partial charge in [-0.05, 0) is 71.4 Å². The second kappa shape index (κ2) is 8.73. The molecule has 0 unspecified atom stereocenters. The number of halogens is 1. The van der Waals surface area contributed by atoms with Crippen LogP contribution in [0.3, 0.4) is 0 Å². The highest BCUT2D eigenvalue weighted by Gasteiger charge is 2.38. The highest BCUT2D eigenvalue weighted by molar-refractivity contribution is 5.73. The highest BCUT2D eigenvalue weighted by Crippen LogP contribution is 2.41. The average Bonchev–Trinajstić information content (AvgIpc) is 2.72. The molecule has 7 nitrogen and oxygen atoms in total. The van der Waals surface area contributed by atoms with Gasteiger partial charge in [-0.1, -0.05) is 6.42 Å². The molecule has 2 N–H and O–H groups in total. The predicted molar refractivity (Wildman–Crippen MR) is 118 cm³/mol. The lowest BCUT2D eigenvalue weighted by Crippen LogP contribution is -2.35. The molecule has 2 aliphatic carbocycles. The van der Waals surface area contributed by atoms with E-state index in [1.165, 1.54) is 0 Å². The van der Waals surface area contributed by atoms with Gasteiger partial charge in [0.05, 0.1) is 17.8 Å². The molecule has 0 radical (unpaired) electrons. The molecule has 2 saturated carbocycles. The molecule has 2 aromatic heterocycles. The Labute approximate surface area is 187 Å². The fourth-order valence-corrected chi connectivity index (χ4v) is 4.34. The van der Waals surface area contributed by atoms with Crippen LogP contribution in [0.1, 0.15) is 71.4 Å². The van der Waals surface area contributed by atoms with E-state index in [1.807, 2.05) is 20.8 Å². The molecule has 2 heterocycles. The predicted octanol–water partition coefficient (Wildman–Crippen LogP) is 4.36. The standard InChI is InChI=1S/C24H31FN4O3/c1-23(2,3)32-21(30)16-6-4-7-17(12-16)28-22-27-14-18(25)20(29-22)15-8-11-26-19(13-15)24(31)9-5-10-24/h8,11,13-14,16-17,31H,4-7,9-10,12H2,1-3H3,(H,27,28,29)/t16-,17+/m1/s1. The van der Waals surface area contributed by atoms with Crippen molar-refractivity contribution in [2.75, 3.05) is 5.32 Å². The summed E-state index contributed by atoms with van der Waals surface area (Å²) < 4.78 is 20.1. The van der Waals surface area contributed by atoms with E-state index in [0.717, 1.165) is 31.9 Å². The van der Waals surface area contributed by atoms with Crippen LogP contribution >= 0.6 is 0 Å². The van der Waals surface area contributed by atoms with Gasteiger partial charge in [0.2, 0.25) is 5.95 Å². The van der Waals surface area contributed by atoms with E-state index in [0.29, 0.717) is 36.5 Å². The third-order valence-electron chi connectivity index (χ3n) is 6.18. The third kappa shape index (κ3) is 5.06. The molecule has 4 rings (SSSR count). The van der Waals surface area contributed by atoms with Gasteiger partial charge in [0, 0.05) is 17.8 Å². The van der Waals surface area contributed by atoms with Crippen LogP contribution in [0.2, 0.25) is 0 Å². The Balaban J connectivity index is 1.49. The monoisotopic (exact) mass is 442 g/mol. The van der Waals surface area contributed by atoms with Crippen LogP contribution in [0, 0.1) is 11.7 Å². The molecule has 2 atom stereocenters. The quantitative estimate of drug-likeness (QED) is 0.664. The number of carbonyl (C=O) groups excluding carboxylic acids is 1. The number of hydrogen-bond donors (Lipinski definition) is 2. The van der Waals surface area contributed by atoms with E-state index >= 15 is 0 Å². The van der Waals surface area contributed by atoms with Crippen LogP contribution in [-0.2, 0) is 15.1 Å². The van der Waals surface area contributed by atoms with Crippen molar-refractivity contribution in [1.82, 2.24) is 15.0 Å². The average molecular weight is 443 g/mol. The molecule has 2 fully saturated rings. The maximum absolute atomic E-state index is 14.6. The van der Waals surface area contributed by atoms with Crippen molar-refractivity contribution < 1.29 is 19.0 Å². The second-order valence-corrected chi connectivity index (χ2v) is 9.94. The summed E-state index contributed by atoms with van der Waals surface area (Å²) in [5, 5.41) is 13.9. The van der Waals surface area contributed by atoms with Gasteiger partial charge < -0.3 is 15.2 Å². The number of anilines is 1. The fraction of sp³-hybridized carbons (Fsp3) is 0.583. The van der Waals surface area contributed by atoms with Gasteiger partial charge in [0.25, 0.3) is 0 Å². The minimum atomic E-state index is -0.931. The first-order chi connectivity index (χ1) is 15.1. The normalized spacial score (nSPS) is 22.7. The van der Waals surface area contributed by atoms with E-state index in [4.69, 9.17) is 4.74 Å². The first kappa shape index (κ1) is 22.6. The number of rotatable bonds is 5. The summed E-state index contributed by atoms with van der Waals surface area (Å²) in [6.45, 7) is 5.60. The fourth-order valence-electron chi connectivity index (χ4n) is 4.34. The number of pyridine rings is 1. The van der Waals surface area contributed by atoms with Crippen LogP contribution < -0.4 is 5.32 Å². The second-order valence-electron chi connectivity index (χ2n) is 9.94. The van der Waals surface area contributed by atoms with Crippen molar-refractivity contribution in [1.29, 1.82) is 0 Å². The van der Waals surface area contributed by atoms with Crippen molar-refractivity contribution in [3.8, 4) is 11.3 Å². The van der Waals surface area contributed by atoms with Gasteiger partial charge in [-0.15, -0.1) is 0 Å². The number of esters is 1. The molecule has 0 spiro atoms. The van der Waals surface area contributed by atoms with Gasteiger partial charge >= 0.3 is 5.97 Å². The lowest BCUT2D eigenvalue weighted by Gasteiger charge is -2.36. The van der Waals surface area contributed by atoms with E-state index in [1.54, 1.807) is 18.3 Å². The van der Waals surface area contributed by atoms with Crippen LogP contribution in [0.25, 0.3) is 11.3 Å². The molecular weight excluding hydrogens is 411 g/mol. The number of aromatic nitrogens is 3. The molecule has 0 bridgehead atoms. The van der Waals surface area contributed by atoms with Crippen LogP contribution in [-0.4, -0.2) is 37.7 Å². The van der Waals surface area contributed by atoms with Crippen molar-refractivity contribution in [2.45, 2.75) is 83.0 Å². The molecule has 0 amide bonds. The number of aliphatic hydroxyl groups is 1. The lowest BCUT2D eigenvalue weighted by atomic mass is 9.77. The Hall–Kier alpha value is -2.61. The third-order valence-corrected chi connectivity index (χ3v) is 6.18. The lowest BCUT2D eigenvalue weighted by molar-refractivity contribution is -0.161. The summed E-state index contributed by atoms with van der Waals surface area (Å²) in [5.74, 6) is -0.574. The number of ether oxygens (including phenoxy) is 1. The minimum absolute atomic E-state index is 0.00303. The molecule has 0 aliphatic heterocycles. The Kier molecular flexibility index (Phi) is 6.16. The zero-order chi connectivity index (χ0) is 22.9.